The average molecular weight is 398 g/mol. The smallest absolute Gasteiger partial charge is 0.258 e. The molecule has 1 heterocycles. The Bertz CT molecular complexity index is 1130. The lowest BCUT2D eigenvalue weighted by Crippen LogP contribution is -2.33. The van der Waals surface area contributed by atoms with Crippen LogP contribution >= 0.6 is 0 Å². The second kappa shape index (κ2) is 9.09. The van der Waals surface area contributed by atoms with Gasteiger partial charge in [0.2, 0.25) is 0 Å². The van der Waals surface area contributed by atoms with E-state index in [-0.39, 0.29) is 24.3 Å². The number of phenols is 1. The number of hydrogen-bond donors (Lipinski definition) is 2. The van der Waals surface area contributed by atoms with E-state index in [0.717, 1.165) is 16.5 Å². The molecule has 0 aliphatic carbocycles. The molecule has 0 saturated carbocycles. The molecular formula is C25H22N2O3. The van der Waals surface area contributed by atoms with Gasteiger partial charge in [0.15, 0.2) is 6.61 Å². The third-order valence-electron chi connectivity index (χ3n) is 4.91. The lowest BCUT2D eigenvalue weighted by Gasteiger charge is -2.20. The van der Waals surface area contributed by atoms with Crippen molar-refractivity contribution in [3.8, 4) is 11.5 Å². The summed E-state index contributed by atoms with van der Waals surface area (Å²) in [4.78, 5) is 16.9. The summed E-state index contributed by atoms with van der Waals surface area (Å²) in [6.45, 7) is -0.0847. The minimum atomic E-state index is -0.315. The maximum absolute atomic E-state index is 12.6. The minimum Gasteiger partial charge on any atom is -0.505 e. The van der Waals surface area contributed by atoms with Crippen LogP contribution in [0.1, 0.15) is 17.2 Å². The van der Waals surface area contributed by atoms with E-state index in [1.165, 1.54) is 0 Å². The van der Waals surface area contributed by atoms with Gasteiger partial charge in [-0.25, -0.2) is 0 Å². The van der Waals surface area contributed by atoms with Crippen molar-refractivity contribution < 1.29 is 14.6 Å². The fraction of sp³-hybridized carbons (Fsp3) is 0.120. The van der Waals surface area contributed by atoms with Crippen LogP contribution in [0.15, 0.2) is 91.1 Å². The summed E-state index contributed by atoms with van der Waals surface area (Å²) in [6, 6.07) is 26.2. The van der Waals surface area contributed by atoms with Crippen LogP contribution in [-0.2, 0) is 11.2 Å². The Labute approximate surface area is 175 Å². The van der Waals surface area contributed by atoms with Gasteiger partial charge in [-0.05, 0) is 29.3 Å². The monoisotopic (exact) mass is 398 g/mol. The molecule has 1 aromatic heterocycles. The van der Waals surface area contributed by atoms with E-state index < -0.39 is 0 Å². The Morgan fingerprint density at radius 1 is 0.933 bits per heavy atom. The number of aromatic hydroxyl groups is 1. The van der Waals surface area contributed by atoms with E-state index in [9.17, 15) is 9.90 Å². The highest BCUT2D eigenvalue weighted by Crippen LogP contribution is 2.30. The molecule has 1 atom stereocenters. The van der Waals surface area contributed by atoms with Gasteiger partial charge in [-0.2, -0.15) is 0 Å². The zero-order valence-corrected chi connectivity index (χ0v) is 16.4. The molecule has 30 heavy (non-hydrogen) atoms. The number of carbonyl (C=O) groups excluding carboxylic acids is 1. The summed E-state index contributed by atoms with van der Waals surface area (Å²) in [6.07, 6.45) is 2.09. The normalized spacial score (nSPS) is 11.7. The lowest BCUT2D eigenvalue weighted by atomic mass is 9.97. The number of nitrogens with zero attached hydrogens (tertiary/aromatic N) is 1. The Balaban J connectivity index is 1.53. The highest BCUT2D eigenvalue weighted by Gasteiger charge is 2.18. The van der Waals surface area contributed by atoms with Gasteiger partial charge in [0.25, 0.3) is 5.91 Å². The van der Waals surface area contributed by atoms with Crippen LogP contribution in [-0.4, -0.2) is 22.6 Å². The van der Waals surface area contributed by atoms with Crippen LogP contribution in [0.4, 0.5) is 0 Å². The van der Waals surface area contributed by atoms with Crippen LogP contribution in [0.2, 0.25) is 0 Å². The first-order valence-corrected chi connectivity index (χ1v) is 9.78. The molecule has 5 heteroatoms. The summed E-state index contributed by atoms with van der Waals surface area (Å²) < 4.78 is 5.56. The molecular weight excluding hydrogens is 376 g/mol. The molecule has 2 N–H and O–H groups in total. The Kier molecular flexibility index (Phi) is 5.90. The molecule has 1 unspecified atom stereocenters. The first-order valence-electron chi connectivity index (χ1n) is 9.78. The number of nitrogens with one attached hydrogen (secondary N) is 1. The molecule has 4 aromatic rings. The van der Waals surface area contributed by atoms with Gasteiger partial charge in [-0.3, -0.25) is 9.78 Å². The van der Waals surface area contributed by atoms with Crippen molar-refractivity contribution in [3.63, 3.8) is 0 Å². The fourth-order valence-corrected chi connectivity index (χ4v) is 3.40. The Morgan fingerprint density at radius 3 is 2.43 bits per heavy atom. The second-order valence-electron chi connectivity index (χ2n) is 6.99. The molecule has 4 rings (SSSR count). The molecule has 3 aromatic carbocycles. The minimum absolute atomic E-state index is 0.0847. The third kappa shape index (κ3) is 4.58. The van der Waals surface area contributed by atoms with Crippen molar-refractivity contribution in [2.45, 2.75) is 12.5 Å². The number of pyridine rings is 1. The summed E-state index contributed by atoms with van der Waals surface area (Å²) >= 11 is 0. The van der Waals surface area contributed by atoms with Crippen molar-refractivity contribution in [3.05, 3.63) is 102 Å². The average Bonchev–Trinajstić information content (AvgIpc) is 2.80. The van der Waals surface area contributed by atoms with Gasteiger partial charge in [0.1, 0.15) is 17.0 Å². The number of carbonyl (C=O) groups is 1. The SMILES string of the molecule is O=C(COc1ccccc1)NC(Cc1ccc2cccnc2c1O)c1ccccc1. The number of rotatable bonds is 7. The number of hydrogen-bond acceptors (Lipinski definition) is 4. The van der Waals surface area contributed by atoms with Crippen LogP contribution in [0, 0.1) is 0 Å². The van der Waals surface area contributed by atoms with Gasteiger partial charge in [-0.1, -0.05) is 66.7 Å². The molecule has 0 bridgehead atoms. The summed E-state index contributed by atoms with van der Waals surface area (Å²) in [5, 5.41) is 14.6. The van der Waals surface area contributed by atoms with E-state index in [1.54, 1.807) is 6.20 Å². The fourth-order valence-electron chi connectivity index (χ4n) is 3.40. The van der Waals surface area contributed by atoms with E-state index in [4.69, 9.17) is 4.74 Å². The van der Waals surface area contributed by atoms with Crippen molar-refractivity contribution >= 4 is 16.8 Å². The molecule has 1 amide bonds. The molecule has 5 nitrogen and oxygen atoms in total. The zero-order chi connectivity index (χ0) is 20.8. The highest BCUT2D eigenvalue weighted by atomic mass is 16.5. The largest absolute Gasteiger partial charge is 0.505 e. The molecule has 0 spiro atoms. The molecule has 0 aliphatic rings. The highest BCUT2D eigenvalue weighted by molar-refractivity contribution is 5.85. The van der Waals surface area contributed by atoms with Crippen LogP contribution in [0.5, 0.6) is 11.5 Å². The van der Waals surface area contributed by atoms with E-state index in [2.05, 4.69) is 10.3 Å². The standard InChI is InChI=1S/C25H22N2O3/c28-23(17-30-21-11-5-2-6-12-21)27-22(18-8-3-1-4-9-18)16-20-14-13-19-10-7-15-26-24(19)25(20)29/h1-15,22,29H,16-17H2,(H,27,28). The number of amides is 1. The molecule has 0 saturated heterocycles. The predicted molar refractivity (Wildman–Crippen MR) is 116 cm³/mol. The first-order chi connectivity index (χ1) is 14.7. The van der Waals surface area contributed by atoms with Crippen LogP contribution < -0.4 is 10.1 Å². The van der Waals surface area contributed by atoms with Crippen molar-refractivity contribution in [2.24, 2.45) is 0 Å². The number of aromatic nitrogens is 1. The lowest BCUT2D eigenvalue weighted by molar-refractivity contribution is -0.123. The van der Waals surface area contributed by atoms with E-state index >= 15 is 0 Å². The Morgan fingerprint density at radius 2 is 1.67 bits per heavy atom. The quantitative estimate of drug-likeness (QED) is 0.483. The maximum Gasteiger partial charge on any atom is 0.258 e. The molecule has 0 fully saturated rings. The number of fused-ring (bicyclic) bond motifs is 1. The van der Waals surface area contributed by atoms with Crippen molar-refractivity contribution in [1.29, 1.82) is 0 Å². The topological polar surface area (TPSA) is 71.5 Å². The van der Waals surface area contributed by atoms with Gasteiger partial charge >= 0.3 is 0 Å². The predicted octanol–water partition coefficient (Wildman–Crippen LogP) is 4.42. The maximum atomic E-state index is 12.6. The molecule has 0 aliphatic heterocycles. The summed E-state index contributed by atoms with van der Waals surface area (Å²) in [5.74, 6) is 0.553. The van der Waals surface area contributed by atoms with Gasteiger partial charge < -0.3 is 15.2 Å². The van der Waals surface area contributed by atoms with Crippen molar-refractivity contribution in [2.75, 3.05) is 6.61 Å². The third-order valence-corrected chi connectivity index (χ3v) is 4.91. The number of benzene rings is 3. The first kappa shape index (κ1) is 19.5. The number of ether oxygens (including phenoxy) is 1. The van der Waals surface area contributed by atoms with Crippen LogP contribution in [0.3, 0.4) is 0 Å². The van der Waals surface area contributed by atoms with E-state index in [0.29, 0.717) is 17.7 Å². The molecule has 150 valence electrons. The van der Waals surface area contributed by atoms with Gasteiger partial charge in [0.05, 0.1) is 6.04 Å². The number of para-hydroxylation sites is 1. The molecule has 0 radical (unpaired) electrons. The van der Waals surface area contributed by atoms with Gasteiger partial charge in [-0.15, -0.1) is 0 Å². The summed E-state index contributed by atoms with van der Waals surface area (Å²) in [5.41, 5.74) is 2.23. The second-order valence-corrected chi connectivity index (χ2v) is 6.99. The summed E-state index contributed by atoms with van der Waals surface area (Å²) in [7, 11) is 0. The van der Waals surface area contributed by atoms with Gasteiger partial charge in [0, 0.05) is 18.0 Å². The number of phenolic OH excluding ortho intramolecular Hbond substituents is 1. The van der Waals surface area contributed by atoms with E-state index in [1.807, 2.05) is 84.9 Å². The zero-order valence-electron chi connectivity index (χ0n) is 16.4. The van der Waals surface area contributed by atoms with Crippen LogP contribution in [0.25, 0.3) is 10.9 Å². The van der Waals surface area contributed by atoms with Crippen molar-refractivity contribution in [1.82, 2.24) is 10.3 Å². The Hall–Kier alpha value is -3.86.